The average Bonchev–Trinajstić information content (AvgIpc) is 2.47. The highest BCUT2D eigenvalue weighted by molar-refractivity contribution is 6.32. The SMILES string of the molecule is CCc1nnc(C)cc1C(=O)c1ccc(Cl)c(OC)c1. The lowest BCUT2D eigenvalue weighted by Gasteiger charge is -2.08. The number of aromatic nitrogens is 2. The summed E-state index contributed by atoms with van der Waals surface area (Å²) in [6.45, 7) is 3.75. The third-order valence-electron chi connectivity index (χ3n) is 2.99. The highest BCUT2D eigenvalue weighted by Crippen LogP contribution is 2.26. The van der Waals surface area contributed by atoms with Crippen molar-refractivity contribution in [2.75, 3.05) is 7.11 Å². The minimum Gasteiger partial charge on any atom is -0.495 e. The first-order valence-electron chi connectivity index (χ1n) is 6.28. The lowest BCUT2D eigenvalue weighted by Crippen LogP contribution is -2.09. The summed E-state index contributed by atoms with van der Waals surface area (Å²) in [6, 6.07) is 6.73. The first kappa shape index (κ1) is 14.5. The normalized spacial score (nSPS) is 10.4. The van der Waals surface area contributed by atoms with Gasteiger partial charge in [-0.15, -0.1) is 0 Å². The second kappa shape index (κ2) is 6.01. The van der Waals surface area contributed by atoms with Crippen molar-refractivity contribution < 1.29 is 9.53 Å². The van der Waals surface area contributed by atoms with Crippen LogP contribution in [0, 0.1) is 6.92 Å². The van der Waals surface area contributed by atoms with Crippen LogP contribution in [0.15, 0.2) is 24.3 Å². The van der Waals surface area contributed by atoms with Crippen LogP contribution in [0.3, 0.4) is 0 Å². The largest absolute Gasteiger partial charge is 0.495 e. The summed E-state index contributed by atoms with van der Waals surface area (Å²) in [4.78, 5) is 12.6. The monoisotopic (exact) mass is 290 g/mol. The molecule has 0 N–H and O–H groups in total. The van der Waals surface area contributed by atoms with E-state index in [-0.39, 0.29) is 5.78 Å². The van der Waals surface area contributed by atoms with Crippen LogP contribution >= 0.6 is 11.6 Å². The number of rotatable bonds is 4. The van der Waals surface area contributed by atoms with Gasteiger partial charge in [-0.2, -0.15) is 10.2 Å². The molecular weight excluding hydrogens is 276 g/mol. The van der Waals surface area contributed by atoms with Gasteiger partial charge in [-0.05, 0) is 37.6 Å². The summed E-state index contributed by atoms with van der Waals surface area (Å²) >= 11 is 5.97. The molecule has 1 aromatic heterocycles. The van der Waals surface area contributed by atoms with Gasteiger partial charge in [-0.3, -0.25) is 4.79 Å². The summed E-state index contributed by atoms with van der Waals surface area (Å²) in [5.41, 5.74) is 2.50. The van der Waals surface area contributed by atoms with Gasteiger partial charge in [-0.25, -0.2) is 0 Å². The zero-order valence-corrected chi connectivity index (χ0v) is 12.4. The van der Waals surface area contributed by atoms with E-state index < -0.39 is 0 Å². The third-order valence-corrected chi connectivity index (χ3v) is 3.30. The molecule has 0 aliphatic rings. The first-order chi connectivity index (χ1) is 9.56. The predicted molar refractivity (Wildman–Crippen MR) is 77.6 cm³/mol. The zero-order valence-electron chi connectivity index (χ0n) is 11.6. The van der Waals surface area contributed by atoms with Crippen LogP contribution in [0.25, 0.3) is 0 Å². The molecule has 1 aromatic carbocycles. The second-order valence-electron chi connectivity index (χ2n) is 4.38. The quantitative estimate of drug-likeness (QED) is 0.811. The summed E-state index contributed by atoms with van der Waals surface area (Å²) < 4.78 is 5.14. The van der Waals surface area contributed by atoms with Crippen molar-refractivity contribution in [2.24, 2.45) is 0 Å². The van der Waals surface area contributed by atoms with Gasteiger partial charge in [0.1, 0.15) is 5.75 Å². The predicted octanol–water partition coefficient (Wildman–Crippen LogP) is 3.24. The van der Waals surface area contributed by atoms with Gasteiger partial charge >= 0.3 is 0 Å². The zero-order chi connectivity index (χ0) is 14.7. The Morgan fingerprint density at radius 2 is 2.05 bits per heavy atom. The van der Waals surface area contributed by atoms with E-state index in [0.29, 0.717) is 39.7 Å². The summed E-state index contributed by atoms with van der Waals surface area (Å²) in [6.07, 6.45) is 0.652. The number of ketones is 1. The van der Waals surface area contributed by atoms with E-state index in [0.717, 1.165) is 0 Å². The number of halogens is 1. The minimum absolute atomic E-state index is 0.102. The molecule has 0 radical (unpaired) electrons. The second-order valence-corrected chi connectivity index (χ2v) is 4.79. The van der Waals surface area contributed by atoms with E-state index in [9.17, 15) is 4.79 Å². The molecule has 0 spiro atoms. The fourth-order valence-corrected chi connectivity index (χ4v) is 2.12. The van der Waals surface area contributed by atoms with Crippen molar-refractivity contribution in [3.63, 3.8) is 0 Å². The Labute approximate surface area is 122 Å². The molecule has 5 heteroatoms. The molecule has 0 unspecified atom stereocenters. The van der Waals surface area contributed by atoms with Crippen molar-refractivity contribution in [2.45, 2.75) is 20.3 Å². The van der Waals surface area contributed by atoms with Gasteiger partial charge in [-0.1, -0.05) is 18.5 Å². The fourth-order valence-electron chi connectivity index (χ4n) is 1.93. The molecule has 2 rings (SSSR count). The molecule has 20 heavy (non-hydrogen) atoms. The maximum Gasteiger partial charge on any atom is 0.195 e. The van der Waals surface area contributed by atoms with Gasteiger partial charge < -0.3 is 4.74 Å². The Balaban J connectivity index is 2.48. The molecule has 0 aliphatic carbocycles. The summed E-state index contributed by atoms with van der Waals surface area (Å²) in [5.74, 6) is 0.379. The number of hydrogen-bond acceptors (Lipinski definition) is 4. The Morgan fingerprint density at radius 1 is 1.30 bits per heavy atom. The topological polar surface area (TPSA) is 52.1 Å². The lowest BCUT2D eigenvalue weighted by molar-refractivity contribution is 0.103. The Hall–Kier alpha value is -1.94. The van der Waals surface area contributed by atoms with E-state index >= 15 is 0 Å². The van der Waals surface area contributed by atoms with Crippen LogP contribution in [0.4, 0.5) is 0 Å². The molecule has 0 saturated heterocycles. The van der Waals surface area contributed by atoms with Gasteiger partial charge in [0.05, 0.1) is 23.5 Å². The number of ether oxygens (including phenoxy) is 1. The molecule has 0 fully saturated rings. The van der Waals surface area contributed by atoms with E-state index in [1.54, 1.807) is 24.3 Å². The Bertz CT molecular complexity index is 656. The minimum atomic E-state index is -0.102. The first-order valence-corrected chi connectivity index (χ1v) is 6.66. The van der Waals surface area contributed by atoms with Crippen LogP contribution in [0.2, 0.25) is 5.02 Å². The highest BCUT2D eigenvalue weighted by atomic mass is 35.5. The number of carbonyl (C=O) groups is 1. The van der Waals surface area contributed by atoms with Crippen LogP contribution in [0.5, 0.6) is 5.75 Å². The van der Waals surface area contributed by atoms with Crippen molar-refractivity contribution >= 4 is 17.4 Å². The molecule has 1 heterocycles. The number of carbonyl (C=O) groups excluding carboxylic acids is 1. The van der Waals surface area contributed by atoms with E-state index in [1.165, 1.54) is 7.11 Å². The van der Waals surface area contributed by atoms with Crippen molar-refractivity contribution in [1.82, 2.24) is 10.2 Å². The van der Waals surface area contributed by atoms with Crippen LogP contribution < -0.4 is 4.74 Å². The van der Waals surface area contributed by atoms with E-state index in [2.05, 4.69) is 10.2 Å². The maximum absolute atomic E-state index is 12.6. The molecule has 0 amide bonds. The number of methoxy groups -OCH3 is 1. The molecule has 0 bridgehead atoms. The Kier molecular flexibility index (Phi) is 4.35. The summed E-state index contributed by atoms with van der Waals surface area (Å²) in [7, 11) is 1.52. The third kappa shape index (κ3) is 2.80. The van der Waals surface area contributed by atoms with Crippen molar-refractivity contribution in [3.8, 4) is 5.75 Å². The fraction of sp³-hybridized carbons (Fsp3) is 0.267. The average molecular weight is 291 g/mol. The number of nitrogens with zero attached hydrogens (tertiary/aromatic N) is 2. The van der Waals surface area contributed by atoms with Crippen molar-refractivity contribution in [1.29, 1.82) is 0 Å². The maximum atomic E-state index is 12.6. The van der Waals surface area contributed by atoms with Crippen LogP contribution in [-0.2, 0) is 6.42 Å². The smallest absolute Gasteiger partial charge is 0.195 e. The molecule has 0 aliphatic heterocycles. The Morgan fingerprint density at radius 3 is 2.70 bits per heavy atom. The van der Waals surface area contributed by atoms with E-state index in [4.69, 9.17) is 16.3 Å². The van der Waals surface area contributed by atoms with Crippen LogP contribution in [0.1, 0.15) is 34.2 Å². The molecule has 0 saturated carbocycles. The van der Waals surface area contributed by atoms with Gasteiger partial charge in [0.25, 0.3) is 0 Å². The van der Waals surface area contributed by atoms with Gasteiger partial charge in [0.15, 0.2) is 5.78 Å². The molecular formula is C15H15ClN2O2. The molecule has 104 valence electrons. The number of benzene rings is 1. The number of hydrogen-bond donors (Lipinski definition) is 0. The number of aryl methyl sites for hydroxylation is 2. The van der Waals surface area contributed by atoms with Gasteiger partial charge in [0, 0.05) is 11.1 Å². The standard InChI is InChI=1S/C15H15ClN2O2/c1-4-13-11(7-9(2)17-18-13)15(19)10-5-6-12(16)14(8-10)20-3/h5-8H,4H2,1-3H3. The highest BCUT2D eigenvalue weighted by Gasteiger charge is 2.16. The summed E-state index contributed by atoms with van der Waals surface area (Å²) in [5, 5.41) is 8.54. The van der Waals surface area contributed by atoms with Gasteiger partial charge in [0.2, 0.25) is 0 Å². The lowest BCUT2D eigenvalue weighted by atomic mass is 10.0. The van der Waals surface area contributed by atoms with Crippen LogP contribution in [-0.4, -0.2) is 23.1 Å². The molecule has 4 nitrogen and oxygen atoms in total. The molecule has 0 atom stereocenters. The molecule has 2 aromatic rings. The van der Waals surface area contributed by atoms with Crippen molar-refractivity contribution in [3.05, 3.63) is 51.8 Å². The van der Waals surface area contributed by atoms with E-state index in [1.807, 2.05) is 13.8 Å².